The largest absolute Gasteiger partial charge is 0.367 e. The van der Waals surface area contributed by atoms with Crippen LogP contribution in [0, 0.1) is 0 Å². The molecule has 1 aliphatic rings. The Bertz CT molecular complexity index is 606. The van der Waals surface area contributed by atoms with E-state index in [1.165, 1.54) is 16.3 Å². The van der Waals surface area contributed by atoms with Crippen molar-refractivity contribution in [1.29, 1.82) is 0 Å². The van der Waals surface area contributed by atoms with Gasteiger partial charge in [0.15, 0.2) is 0 Å². The molecule has 0 N–H and O–H groups in total. The minimum Gasteiger partial charge on any atom is -0.367 e. The van der Waals surface area contributed by atoms with E-state index < -0.39 is 0 Å². The Kier molecular flexibility index (Phi) is 4.59. The van der Waals surface area contributed by atoms with Crippen LogP contribution in [0.15, 0.2) is 42.5 Å². The van der Waals surface area contributed by atoms with Crippen LogP contribution in [0.25, 0.3) is 10.8 Å². The minimum absolute atomic E-state index is 0.154. The number of hydrogen-bond donors (Lipinski definition) is 0. The summed E-state index contributed by atoms with van der Waals surface area (Å²) in [6.45, 7) is 6.50. The zero-order valence-electron chi connectivity index (χ0n) is 13.0. The molecule has 1 saturated heterocycles. The van der Waals surface area contributed by atoms with Crippen LogP contribution < -0.4 is 0 Å². The van der Waals surface area contributed by atoms with E-state index in [2.05, 4.69) is 62.7 Å². The highest BCUT2D eigenvalue weighted by atomic mass is 31.1. The van der Waals surface area contributed by atoms with Crippen molar-refractivity contribution in [3.63, 3.8) is 0 Å². The number of benzene rings is 2. The van der Waals surface area contributed by atoms with Gasteiger partial charge >= 0.3 is 0 Å². The summed E-state index contributed by atoms with van der Waals surface area (Å²) >= 11 is 0. The Morgan fingerprint density at radius 1 is 1.14 bits per heavy atom. The summed E-state index contributed by atoms with van der Waals surface area (Å²) < 4.78 is 12.4. The SMILES string of the molecule is CC[C@H]1O[C@@H](c2cccc3ccccc23)CC1OP(C)C. The fourth-order valence-corrected chi connectivity index (χ4v) is 3.95. The number of rotatable bonds is 4. The molecule has 21 heavy (non-hydrogen) atoms. The van der Waals surface area contributed by atoms with Gasteiger partial charge in [-0.2, -0.15) is 0 Å². The molecule has 0 amide bonds. The van der Waals surface area contributed by atoms with E-state index in [4.69, 9.17) is 9.26 Å². The van der Waals surface area contributed by atoms with Crippen molar-refractivity contribution in [2.45, 2.75) is 38.1 Å². The Labute approximate surface area is 128 Å². The van der Waals surface area contributed by atoms with Gasteiger partial charge in [0, 0.05) is 14.6 Å². The van der Waals surface area contributed by atoms with Gasteiger partial charge in [-0.3, -0.25) is 0 Å². The molecule has 0 saturated carbocycles. The molecule has 1 aliphatic heterocycles. The summed E-state index contributed by atoms with van der Waals surface area (Å²) in [6, 6.07) is 15.0. The molecule has 0 aromatic heterocycles. The normalized spacial score (nSPS) is 25.8. The molecule has 3 atom stereocenters. The highest BCUT2D eigenvalue weighted by Crippen LogP contribution is 2.42. The first-order valence-corrected chi connectivity index (χ1v) is 9.81. The third-order valence-corrected chi connectivity index (χ3v) is 4.81. The van der Waals surface area contributed by atoms with Gasteiger partial charge in [0.25, 0.3) is 0 Å². The molecule has 1 heterocycles. The van der Waals surface area contributed by atoms with Crippen LogP contribution >= 0.6 is 8.15 Å². The molecule has 1 fully saturated rings. The Balaban J connectivity index is 1.90. The third-order valence-electron chi connectivity index (χ3n) is 4.12. The van der Waals surface area contributed by atoms with Gasteiger partial charge in [0.2, 0.25) is 0 Å². The van der Waals surface area contributed by atoms with E-state index in [0.717, 1.165) is 12.8 Å². The van der Waals surface area contributed by atoms with Crippen molar-refractivity contribution < 1.29 is 9.26 Å². The minimum atomic E-state index is -0.346. The van der Waals surface area contributed by atoms with Crippen molar-refractivity contribution in [1.82, 2.24) is 0 Å². The van der Waals surface area contributed by atoms with Crippen LogP contribution in [0.3, 0.4) is 0 Å². The van der Waals surface area contributed by atoms with Crippen LogP contribution in [0.4, 0.5) is 0 Å². The standard InChI is InChI=1S/C18H23O2P/c1-4-16-18(20-21(2)3)12-17(19-16)15-11-7-9-13-8-5-6-10-14(13)15/h5-11,16-18H,4,12H2,1-3H3/t16-,17-,18?/m1/s1. The van der Waals surface area contributed by atoms with Crippen LogP contribution in [0.2, 0.25) is 0 Å². The monoisotopic (exact) mass is 302 g/mol. The maximum Gasteiger partial charge on any atom is 0.0907 e. The molecule has 0 bridgehead atoms. The van der Waals surface area contributed by atoms with Gasteiger partial charge in [-0.25, -0.2) is 0 Å². The molecule has 1 unspecified atom stereocenters. The maximum absolute atomic E-state index is 6.30. The van der Waals surface area contributed by atoms with Crippen molar-refractivity contribution in [2.24, 2.45) is 0 Å². The molecular formula is C18H23O2P. The van der Waals surface area contributed by atoms with Crippen molar-refractivity contribution in [3.8, 4) is 0 Å². The summed E-state index contributed by atoms with van der Waals surface area (Å²) in [5.74, 6) is 0. The number of ether oxygens (including phenoxy) is 1. The van der Waals surface area contributed by atoms with Crippen molar-refractivity contribution in [2.75, 3.05) is 13.3 Å². The second kappa shape index (κ2) is 6.44. The molecule has 0 aliphatic carbocycles. The van der Waals surface area contributed by atoms with E-state index in [1.54, 1.807) is 0 Å². The lowest BCUT2D eigenvalue weighted by Gasteiger charge is -2.19. The van der Waals surface area contributed by atoms with E-state index in [-0.39, 0.29) is 26.5 Å². The van der Waals surface area contributed by atoms with Crippen LogP contribution in [-0.4, -0.2) is 25.5 Å². The lowest BCUT2D eigenvalue weighted by atomic mass is 9.98. The maximum atomic E-state index is 6.30. The van der Waals surface area contributed by atoms with Gasteiger partial charge < -0.3 is 9.26 Å². The molecular weight excluding hydrogens is 279 g/mol. The first-order valence-electron chi connectivity index (χ1n) is 7.66. The summed E-state index contributed by atoms with van der Waals surface area (Å²) in [7, 11) is -0.346. The smallest absolute Gasteiger partial charge is 0.0907 e. The molecule has 3 heteroatoms. The van der Waals surface area contributed by atoms with E-state index >= 15 is 0 Å². The zero-order valence-corrected chi connectivity index (χ0v) is 13.8. The second-order valence-electron chi connectivity index (χ2n) is 5.83. The molecule has 2 nitrogen and oxygen atoms in total. The van der Waals surface area contributed by atoms with Crippen molar-refractivity contribution >= 4 is 18.9 Å². The number of fused-ring (bicyclic) bond motifs is 1. The first kappa shape index (κ1) is 15.0. The van der Waals surface area contributed by atoms with E-state index in [9.17, 15) is 0 Å². The quantitative estimate of drug-likeness (QED) is 0.730. The van der Waals surface area contributed by atoms with Crippen LogP contribution in [-0.2, 0) is 9.26 Å². The van der Waals surface area contributed by atoms with Gasteiger partial charge in [0.05, 0.1) is 18.3 Å². The molecule has 2 aromatic rings. The Hall–Kier alpha value is -0.950. The van der Waals surface area contributed by atoms with E-state index in [0.29, 0.717) is 0 Å². The average Bonchev–Trinajstić information content (AvgIpc) is 2.88. The Morgan fingerprint density at radius 3 is 2.67 bits per heavy atom. The lowest BCUT2D eigenvalue weighted by molar-refractivity contribution is 0.0173. The summed E-state index contributed by atoms with van der Waals surface area (Å²) in [5.41, 5.74) is 1.30. The fourth-order valence-electron chi connectivity index (χ4n) is 3.19. The second-order valence-corrected chi connectivity index (χ2v) is 7.67. The predicted molar refractivity (Wildman–Crippen MR) is 90.1 cm³/mol. The predicted octanol–water partition coefficient (Wildman–Crippen LogP) is 5.12. The highest BCUT2D eigenvalue weighted by Gasteiger charge is 2.36. The zero-order chi connectivity index (χ0) is 14.8. The molecule has 0 radical (unpaired) electrons. The Morgan fingerprint density at radius 2 is 1.90 bits per heavy atom. The van der Waals surface area contributed by atoms with Gasteiger partial charge in [-0.05, 0) is 36.1 Å². The average molecular weight is 302 g/mol. The first-order chi connectivity index (χ1) is 10.2. The summed E-state index contributed by atoms with van der Waals surface area (Å²) in [6.07, 6.45) is 2.59. The van der Waals surface area contributed by atoms with Gasteiger partial charge in [0.1, 0.15) is 0 Å². The highest BCUT2D eigenvalue weighted by molar-refractivity contribution is 7.50. The van der Waals surface area contributed by atoms with Crippen LogP contribution in [0.1, 0.15) is 31.4 Å². The van der Waals surface area contributed by atoms with Gasteiger partial charge in [-0.1, -0.05) is 49.4 Å². The molecule has 3 rings (SSSR count). The van der Waals surface area contributed by atoms with Gasteiger partial charge in [-0.15, -0.1) is 0 Å². The number of hydrogen-bond acceptors (Lipinski definition) is 2. The van der Waals surface area contributed by atoms with Crippen LogP contribution in [0.5, 0.6) is 0 Å². The lowest BCUT2D eigenvalue weighted by Crippen LogP contribution is -2.21. The fraction of sp³-hybridized carbons (Fsp3) is 0.444. The molecule has 2 aromatic carbocycles. The molecule has 0 spiro atoms. The third kappa shape index (κ3) is 3.13. The van der Waals surface area contributed by atoms with Crippen molar-refractivity contribution in [3.05, 3.63) is 48.0 Å². The molecule has 112 valence electrons. The summed E-state index contributed by atoms with van der Waals surface area (Å²) in [4.78, 5) is 0. The summed E-state index contributed by atoms with van der Waals surface area (Å²) in [5, 5.41) is 2.58. The van der Waals surface area contributed by atoms with E-state index in [1.807, 2.05) is 0 Å². The topological polar surface area (TPSA) is 18.5 Å².